The van der Waals surface area contributed by atoms with Gasteiger partial charge in [-0.15, -0.1) is 11.3 Å². The predicted octanol–water partition coefficient (Wildman–Crippen LogP) is 5.25. The smallest absolute Gasteiger partial charge is 0.320 e. The molecule has 5 rings (SSSR count). The lowest BCUT2D eigenvalue weighted by molar-refractivity contribution is 0.153. The van der Waals surface area contributed by atoms with Crippen molar-refractivity contribution >= 4 is 33.4 Å². The Bertz CT molecular complexity index is 1150. The minimum absolute atomic E-state index is 0.1000. The van der Waals surface area contributed by atoms with Crippen molar-refractivity contribution in [1.29, 1.82) is 0 Å². The molecule has 3 N–H and O–H groups in total. The van der Waals surface area contributed by atoms with Crippen LogP contribution in [0.5, 0.6) is 0 Å². The fourth-order valence-electron chi connectivity index (χ4n) is 4.16. The molecule has 1 unspecified atom stereocenters. The lowest BCUT2D eigenvalue weighted by atomic mass is 9.97. The van der Waals surface area contributed by atoms with Gasteiger partial charge < -0.3 is 10.3 Å². The van der Waals surface area contributed by atoms with E-state index in [-0.39, 0.29) is 18.1 Å². The number of rotatable bonds is 4. The SMILES string of the molecule is CN1CCC(NC(=O)Nc2ccc(-c3ccccc3)s2)C[C@@H]1c1nc2ccccc2[nH]1. The van der Waals surface area contributed by atoms with Crippen molar-refractivity contribution in [1.82, 2.24) is 20.2 Å². The van der Waals surface area contributed by atoms with Crippen molar-refractivity contribution in [2.45, 2.75) is 24.9 Å². The van der Waals surface area contributed by atoms with E-state index in [0.717, 1.165) is 51.7 Å². The Kier molecular flexibility index (Phi) is 5.44. The average Bonchev–Trinajstić information content (AvgIpc) is 3.42. The third kappa shape index (κ3) is 4.33. The van der Waals surface area contributed by atoms with Crippen molar-refractivity contribution < 1.29 is 4.79 Å². The molecule has 158 valence electrons. The summed E-state index contributed by atoms with van der Waals surface area (Å²) < 4.78 is 0. The van der Waals surface area contributed by atoms with Crippen molar-refractivity contribution in [2.75, 3.05) is 18.9 Å². The Labute approximate surface area is 185 Å². The molecule has 7 heteroatoms. The molecule has 0 spiro atoms. The second-order valence-electron chi connectivity index (χ2n) is 7.99. The molecule has 1 fully saturated rings. The summed E-state index contributed by atoms with van der Waals surface area (Å²) in [5, 5.41) is 7.00. The summed E-state index contributed by atoms with van der Waals surface area (Å²) in [5.41, 5.74) is 3.18. The Hall–Kier alpha value is -3.16. The highest BCUT2D eigenvalue weighted by molar-refractivity contribution is 7.19. The largest absolute Gasteiger partial charge is 0.341 e. The second-order valence-corrected chi connectivity index (χ2v) is 9.07. The summed E-state index contributed by atoms with van der Waals surface area (Å²) >= 11 is 1.58. The van der Waals surface area contributed by atoms with Crippen LogP contribution < -0.4 is 10.6 Å². The van der Waals surface area contributed by atoms with Gasteiger partial charge in [0.2, 0.25) is 0 Å². The zero-order valence-electron chi connectivity index (χ0n) is 17.3. The number of anilines is 1. The van der Waals surface area contributed by atoms with E-state index in [9.17, 15) is 4.79 Å². The third-order valence-corrected chi connectivity index (χ3v) is 6.88. The molecule has 1 aliphatic heterocycles. The van der Waals surface area contributed by atoms with Crippen LogP contribution in [0.15, 0.2) is 66.7 Å². The number of thiophene rings is 1. The number of para-hydroxylation sites is 2. The summed E-state index contributed by atoms with van der Waals surface area (Å²) in [6.45, 7) is 0.907. The first kappa shape index (κ1) is 19.8. The van der Waals surface area contributed by atoms with Crippen LogP contribution in [0.25, 0.3) is 21.5 Å². The Morgan fingerprint density at radius 3 is 2.74 bits per heavy atom. The van der Waals surface area contributed by atoms with Crippen molar-refractivity contribution in [3.05, 3.63) is 72.6 Å². The fraction of sp³-hybridized carbons (Fsp3) is 0.250. The van der Waals surface area contributed by atoms with Gasteiger partial charge in [0.1, 0.15) is 5.82 Å². The van der Waals surface area contributed by atoms with Gasteiger partial charge in [0.15, 0.2) is 0 Å². The van der Waals surface area contributed by atoms with Gasteiger partial charge >= 0.3 is 6.03 Å². The molecule has 1 saturated heterocycles. The van der Waals surface area contributed by atoms with Crippen molar-refractivity contribution in [3.8, 4) is 10.4 Å². The summed E-state index contributed by atoms with van der Waals surface area (Å²) in [4.78, 5) is 24.3. The van der Waals surface area contributed by atoms with Crippen LogP contribution in [0.1, 0.15) is 24.7 Å². The summed E-state index contributed by atoms with van der Waals surface area (Å²) in [6, 6.07) is 22.4. The van der Waals surface area contributed by atoms with Crippen LogP contribution in [-0.4, -0.2) is 40.5 Å². The minimum Gasteiger partial charge on any atom is -0.341 e. The summed E-state index contributed by atoms with van der Waals surface area (Å²) in [5.74, 6) is 0.960. The lowest BCUT2D eigenvalue weighted by Gasteiger charge is -2.36. The number of aromatic nitrogens is 2. The zero-order chi connectivity index (χ0) is 21.2. The van der Waals surface area contributed by atoms with Crippen LogP contribution in [0.4, 0.5) is 9.80 Å². The first-order valence-electron chi connectivity index (χ1n) is 10.5. The topological polar surface area (TPSA) is 73.1 Å². The lowest BCUT2D eigenvalue weighted by Crippen LogP contribution is -2.46. The molecule has 1 aliphatic rings. The van der Waals surface area contributed by atoms with E-state index in [1.54, 1.807) is 11.3 Å². The van der Waals surface area contributed by atoms with E-state index in [0.29, 0.717) is 0 Å². The number of carbonyl (C=O) groups excluding carboxylic acids is 1. The molecule has 2 aromatic carbocycles. The number of fused-ring (bicyclic) bond motifs is 1. The van der Waals surface area contributed by atoms with Gasteiger partial charge in [-0.25, -0.2) is 9.78 Å². The first-order chi connectivity index (χ1) is 15.2. The van der Waals surface area contributed by atoms with Crippen LogP contribution in [-0.2, 0) is 0 Å². The van der Waals surface area contributed by atoms with E-state index in [1.807, 2.05) is 54.6 Å². The summed E-state index contributed by atoms with van der Waals surface area (Å²) in [6.07, 6.45) is 1.74. The highest BCUT2D eigenvalue weighted by Crippen LogP contribution is 2.32. The maximum absolute atomic E-state index is 12.6. The van der Waals surface area contributed by atoms with Gasteiger partial charge in [-0.3, -0.25) is 10.2 Å². The zero-order valence-corrected chi connectivity index (χ0v) is 18.2. The molecule has 0 bridgehead atoms. The maximum atomic E-state index is 12.6. The third-order valence-electron chi connectivity index (χ3n) is 5.83. The molecular weight excluding hydrogens is 406 g/mol. The fourth-order valence-corrected chi connectivity index (χ4v) is 5.07. The first-order valence-corrected chi connectivity index (χ1v) is 11.3. The minimum atomic E-state index is -0.153. The molecular formula is C24H25N5OS. The molecule has 0 radical (unpaired) electrons. The number of nitrogens with one attached hydrogen (secondary N) is 3. The van der Waals surface area contributed by atoms with Crippen molar-refractivity contribution in [3.63, 3.8) is 0 Å². The number of nitrogens with zero attached hydrogens (tertiary/aromatic N) is 2. The molecule has 3 heterocycles. The van der Waals surface area contributed by atoms with Gasteiger partial charge in [0, 0.05) is 17.5 Å². The molecule has 4 aromatic rings. The van der Waals surface area contributed by atoms with Gasteiger partial charge in [-0.05, 0) is 49.7 Å². The maximum Gasteiger partial charge on any atom is 0.320 e. The molecule has 2 aromatic heterocycles. The molecule has 2 atom stereocenters. The molecule has 2 amide bonds. The van der Waals surface area contributed by atoms with E-state index in [1.165, 1.54) is 0 Å². The highest BCUT2D eigenvalue weighted by atomic mass is 32.1. The number of hydrogen-bond donors (Lipinski definition) is 3. The quantitative estimate of drug-likeness (QED) is 0.413. The van der Waals surface area contributed by atoms with E-state index in [4.69, 9.17) is 4.98 Å². The number of amides is 2. The number of imidazole rings is 1. The Morgan fingerprint density at radius 1 is 1.10 bits per heavy atom. The summed E-state index contributed by atoms with van der Waals surface area (Å²) in [7, 11) is 2.12. The number of H-pyrrole nitrogens is 1. The number of piperidine rings is 1. The monoisotopic (exact) mass is 431 g/mol. The predicted molar refractivity (Wildman–Crippen MR) is 126 cm³/mol. The number of urea groups is 1. The van der Waals surface area contributed by atoms with Crippen molar-refractivity contribution in [2.24, 2.45) is 0 Å². The number of hydrogen-bond acceptors (Lipinski definition) is 4. The van der Waals surface area contributed by atoms with Crippen LogP contribution in [0, 0.1) is 0 Å². The van der Waals surface area contributed by atoms with Crippen LogP contribution in [0.2, 0.25) is 0 Å². The number of carbonyl (C=O) groups is 1. The number of benzene rings is 2. The molecule has 6 nitrogen and oxygen atoms in total. The van der Waals surface area contributed by atoms with E-state index >= 15 is 0 Å². The van der Waals surface area contributed by atoms with Gasteiger partial charge in [-0.1, -0.05) is 42.5 Å². The van der Waals surface area contributed by atoms with Gasteiger partial charge in [0.05, 0.1) is 22.1 Å². The highest BCUT2D eigenvalue weighted by Gasteiger charge is 2.30. The Morgan fingerprint density at radius 2 is 1.90 bits per heavy atom. The van der Waals surface area contributed by atoms with Gasteiger partial charge in [-0.2, -0.15) is 0 Å². The molecule has 0 saturated carbocycles. The Balaban J connectivity index is 1.23. The average molecular weight is 432 g/mol. The van der Waals surface area contributed by atoms with Crippen LogP contribution >= 0.6 is 11.3 Å². The standard InChI is InChI=1S/C24H25N5OS/c1-29-14-13-17(15-20(29)23-26-18-9-5-6-10-19(18)27-23)25-24(30)28-22-12-11-21(31-22)16-7-3-2-4-8-16/h2-12,17,20H,13-15H2,1H3,(H,26,27)(H2,25,28,30)/t17?,20-/m1/s1. The number of likely N-dealkylation sites (tertiary alicyclic amines) is 1. The molecule has 31 heavy (non-hydrogen) atoms. The van der Waals surface area contributed by atoms with Crippen LogP contribution in [0.3, 0.4) is 0 Å². The molecule has 0 aliphatic carbocycles. The normalized spacial score (nSPS) is 19.4. The van der Waals surface area contributed by atoms with Gasteiger partial charge in [0.25, 0.3) is 0 Å². The number of aromatic amines is 1. The van der Waals surface area contributed by atoms with E-state index < -0.39 is 0 Å². The second kappa shape index (κ2) is 8.53. The van der Waals surface area contributed by atoms with E-state index in [2.05, 4.69) is 39.7 Å².